The van der Waals surface area contributed by atoms with Gasteiger partial charge in [0.15, 0.2) is 16.1 Å². The molecule has 1 N–H and O–H groups in total. The Bertz CT molecular complexity index is 789. The van der Waals surface area contributed by atoms with E-state index in [9.17, 15) is 13.2 Å². The molecule has 2 aromatic rings. The van der Waals surface area contributed by atoms with Crippen LogP contribution in [-0.4, -0.2) is 30.9 Å². The number of carbonyl (C=O) groups excluding carboxylic acids is 1. The van der Waals surface area contributed by atoms with Gasteiger partial charge in [-0.3, -0.25) is 4.79 Å². The molecule has 0 unspecified atom stereocenters. The number of sulfone groups is 1. The van der Waals surface area contributed by atoms with E-state index in [1.54, 1.807) is 19.1 Å². The van der Waals surface area contributed by atoms with Crippen LogP contribution in [0.15, 0.2) is 29.2 Å². The van der Waals surface area contributed by atoms with Crippen molar-refractivity contribution in [2.45, 2.75) is 11.8 Å². The lowest BCUT2D eigenvalue weighted by molar-refractivity contribution is 0.112. The van der Waals surface area contributed by atoms with E-state index in [0.29, 0.717) is 17.8 Å². The quantitative estimate of drug-likeness (QED) is 0.686. The first-order valence-corrected chi connectivity index (χ1v) is 8.14. The summed E-state index contributed by atoms with van der Waals surface area (Å²) in [5, 5.41) is 2.98. The Kier molecular flexibility index (Phi) is 4.24. The molecule has 1 heterocycles. The molecule has 1 aromatic carbocycles. The number of aryl methyl sites for hydroxylation is 1. The zero-order valence-corrected chi connectivity index (χ0v) is 12.9. The van der Waals surface area contributed by atoms with Gasteiger partial charge in [0.25, 0.3) is 0 Å². The molecule has 0 aliphatic heterocycles. The molecule has 0 fully saturated rings. The first-order valence-electron chi connectivity index (χ1n) is 5.87. The van der Waals surface area contributed by atoms with Crippen molar-refractivity contribution in [3.63, 3.8) is 0 Å². The van der Waals surface area contributed by atoms with E-state index < -0.39 is 9.84 Å². The minimum Gasteiger partial charge on any atom is -0.339 e. The van der Waals surface area contributed by atoms with Gasteiger partial charge in [0.05, 0.1) is 10.5 Å². The fourth-order valence-corrected chi connectivity index (χ4v) is 2.56. The standard InChI is InChI=1S/C13H12ClN3O3S/c1-8-15-12(14)11(7-18)13(16-8)17-9-3-5-10(6-4-9)21(2,19)20/h3-7H,1-2H3,(H,15,16,17). The summed E-state index contributed by atoms with van der Waals surface area (Å²) in [6.45, 7) is 1.65. The zero-order chi connectivity index (χ0) is 15.6. The molecule has 2 rings (SSSR count). The first-order chi connectivity index (χ1) is 9.81. The number of aldehydes is 1. The molecular weight excluding hydrogens is 314 g/mol. The minimum absolute atomic E-state index is 0.0627. The predicted octanol–water partition coefficient (Wildman–Crippen LogP) is 2.40. The van der Waals surface area contributed by atoms with Crippen molar-refractivity contribution < 1.29 is 13.2 Å². The monoisotopic (exact) mass is 325 g/mol. The number of carbonyl (C=O) groups is 1. The van der Waals surface area contributed by atoms with Gasteiger partial charge in [-0.1, -0.05) is 11.6 Å². The number of aromatic nitrogens is 2. The van der Waals surface area contributed by atoms with E-state index in [4.69, 9.17) is 11.6 Å². The largest absolute Gasteiger partial charge is 0.339 e. The van der Waals surface area contributed by atoms with Crippen LogP contribution < -0.4 is 5.32 Å². The van der Waals surface area contributed by atoms with Crippen LogP contribution in [-0.2, 0) is 9.84 Å². The predicted molar refractivity (Wildman–Crippen MR) is 80.0 cm³/mol. The number of nitrogens with one attached hydrogen (secondary N) is 1. The van der Waals surface area contributed by atoms with Crippen LogP contribution in [0.3, 0.4) is 0 Å². The van der Waals surface area contributed by atoms with Crippen molar-refractivity contribution in [2.75, 3.05) is 11.6 Å². The van der Waals surface area contributed by atoms with Crippen LogP contribution in [0.4, 0.5) is 11.5 Å². The smallest absolute Gasteiger partial charge is 0.175 e. The molecule has 1 aromatic heterocycles. The van der Waals surface area contributed by atoms with Crippen LogP contribution >= 0.6 is 11.6 Å². The summed E-state index contributed by atoms with van der Waals surface area (Å²) < 4.78 is 22.8. The second-order valence-corrected chi connectivity index (χ2v) is 6.74. The van der Waals surface area contributed by atoms with Crippen LogP contribution in [0.5, 0.6) is 0 Å². The Morgan fingerprint density at radius 2 is 1.81 bits per heavy atom. The summed E-state index contributed by atoms with van der Waals surface area (Å²) >= 11 is 5.88. The van der Waals surface area contributed by atoms with Crippen LogP contribution in [0, 0.1) is 6.92 Å². The van der Waals surface area contributed by atoms with E-state index in [-0.39, 0.29) is 21.4 Å². The second kappa shape index (κ2) is 5.79. The molecule has 0 amide bonds. The fraction of sp³-hybridized carbons (Fsp3) is 0.154. The van der Waals surface area contributed by atoms with Crippen molar-refractivity contribution in [3.05, 3.63) is 40.8 Å². The maximum Gasteiger partial charge on any atom is 0.175 e. The molecule has 0 aliphatic rings. The van der Waals surface area contributed by atoms with Gasteiger partial charge in [0, 0.05) is 11.9 Å². The Morgan fingerprint density at radius 3 is 2.33 bits per heavy atom. The average Bonchev–Trinajstić information content (AvgIpc) is 2.38. The van der Waals surface area contributed by atoms with Gasteiger partial charge < -0.3 is 5.32 Å². The highest BCUT2D eigenvalue weighted by Crippen LogP contribution is 2.23. The maximum atomic E-state index is 11.4. The minimum atomic E-state index is -3.25. The Balaban J connectivity index is 2.37. The molecular formula is C13H12ClN3O3S. The molecule has 110 valence electrons. The lowest BCUT2D eigenvalue weighted by atomic mass is 10.3. The first kappa shape index (κ1) is 15.4. The highest BCUT2D eigenvalue weighted by Gasteiger charge is 2.12. The van der Waals surface area contributed by atoms with Gasteiger partial charge in [0.1, 0.15) is 16.8 Å². The van der Waals surface area contributed by atoms with E-state index >= 15 is 0 Å². The molecule has 0 radical (unpaired) electrons. The van der Waals surface area contributed by atoms with Crippen LogP contribution in [0.25, 0.3) is 0 Å². The summed E-state index contributed by atoms with van der Waals surface area (Å²) in [7, 11) is -3.25. The van der Waals surface area contributed by atoms with Crippen molar-refractivity contribution in [1.29, 1.82) is 0 Å². The van der Waals surface area contributed by atoms with E-state index in [2.05, 4.69) is 15.3 Å². The molecule has 0 atom stereocenters. The van der Waals surface area contributed by atoms with Crippen molar-refractivity contribution >= 4 is 39.2 Å². The number of nitrogens with zero attached hydrogens (tertiary/aromatic N) is 2. The average molecular weight is 326 g/mol. The number of rotatable bonds is 4. The van der Waals surface area contributed by atoms with Crippen LogP contribution in [0.2, 0.25) is 5.15 Å². The Labute approximate surface area is 127 Å². The third-order valence-corrected chi connectivity index (χ3v) is 4.09. The second-order valence-electron chi connectivity index (χ2n) is 4.36. The van der Waals surface area contributed by atoms with E-state index in [1.165, 1.54) is 12.1 Å². The Hall–Kier alpha value is -1.99. The van der Waals surface area contributed by atoms with Crippen LogP contribution in [0.1, 0.15) is 16.2 Å². The summed E-state index contributed by atoms with van der Waals surface area (Å²) in [6, 6.07) is 6.09. The van der Waals surface area contributed by atoms with Crippen molar-refractivity contribution in [2.24, 2.45) is 0 Å². The molecule has 21 heavy (non-hydrogen) atoms. The lowest BCUT2D eigenvalue weighted by Crippen LogP contribution is -2.03. The maximum absolute atomic E-state index is 11.4. The fourth-order valence-electron chi connectivity index (χ4n) is 1.67. The molecule has 0 saturated heterocycles. The Morgan fingerprint density at radius 1 is 1.19 bits per heavy atom. The van der Waals surface area contributed by atoms with Gasteiger partial charge >= 0.3 is 0 Å². The normalized spacial score (nSPS) is 11.2. The van der Waals surface area contributed by atoms with Gasteiger partial charge in [-0.15, -0.1) is 0 Å². The summed E-state index contributed by atoms with van der Waals surface area (Å²) in [4.78, 5) is 19.3. The van der Waals surface area contributed by atoms with Gasteiger partial charge in [-0.25, -0.2) is 18.4 Å². The van der Waals surface area contributed by atoms with E-state index in [0.717, 1.165) is 6.26 Å². The lowest BCUT2D eigenvalue weighted by Gasteiger charge is -2.10. The van der Waals surface area contributed by atoms with E-state index in [1.807, 2.05) is 0 Å². The SMILES string of the molecule is Cc1nc(Cl)c(C=O)c(Nc2ccc(S(C)(=O)=O)cc2)n1. The third kappa shape index (κ3) is 3.56. The van der Waals surface area contributed by atoms with Gasteiger partial charge in [-0.05, 0) is 31.2 Å². The summed E-state index contributed by atoms with van der Waals surface area (Å²) in [6.07, 6.45) is 1.70. The molecule has 0 bridgehead atoms. The highest BCUT2D eigenvalue weighted by atomic mass is 35.5. The van der Waals surface area contributed by atoms with Crippen molar-refractivity contribution in [3.8, 4) is 0 Å². The third-order valence-electron chi connectivity index (χ3n) is 2.67. The zero-order valence-electron chi connectivity index (χ0n) is 11.3. The number of hydrogen-bond donors (Lipinski definition) is 1. The van der Waals surface area contributed by atoms with Crippen molar-refractivity contribution in [1.82, 2.24) is 9.97 Å². The molecule has 6 nitrogen and oxygen atoms in total. The van der Waals surface area contributed by atoms with Gasteiger partial charge in [-0.2, -0.15) is 0 Å². The summed E-state index contributed by atoms with van der Waals surface area (Å²) in [5.74, 6) is 0.690. The molecule has 0 saturated carbocycles. The highest BCUT2D eigenvalue weighted by molar-refractivity contribution is 7.90. The molecule has 8 heteroatoms. The molecule has 0 aliphatic carbocycles. The summed E-state index contributed by atoms with van der Waals surface area (Å²) in [5.41, 5.74) is 0.731. The van der Waals surface area contributed by atoms with Gasteiger partial charge in [0.2, 0.25) is 0 Å². The number of benzene rings is 1. The number of hydrogen-bond acceptors (Lipinski definition) is 6. The topological polar surface area (TPSA) is 89.0 Å². The molecule has 0 spiro atoms. The number of anilines is 2. The number of halogens is 1.